The number of aliphatic carboxylic acids is 1. The summed E-state index contributed by atoms with van der Waals surface area (Å²) in [4.78, 5) is 33.7. The molecule has 0 aliphatic rings. The van der Waals surface area contributed by atoms with Crippen molar-refractivity contribution in [1.29, 1.82) is 0 Å². The third-order valence-electron chi connectivity index (χ3n) is 2.08. The highest BCUT2D eigenvalue weighted by atomic mass is 32.1. The molecule has 0 aromatic rings. The van der Waals surface area contributed by atoms with E-state index < -0.39 is 35.9 Å². The fourth-order valence-electron chi connectivity index (χ4n) is 0.931. The quantitative estimate of drug-likeness (QED) is 0.311. The first-order valence-electron chi connectivity index (χ1n) is 5.14. The van der Waals surface area contributed by atoms with Crippen LogP contribution in [0.4, 0.5) is 0 Å². The van der Waals surface area contributed by atoms with Crippen molar-refractivity contribution in [3.63, 3.8) is 0 Å². The second kappa shape index (κ2) is 8.22. The van der Waals surface area contributed by atoms with Gasteiger partial charge in [0.15, 0.2) is 0 Å². The van der Waals surface area contributed by atoms with Gasteiger partial charge in [-0.2, -0.15) is 25.3 Å². The van der Waals surface area contributed by atoms with E-state index in [-0.39, 0.29) is 11.5 Å². The Kier molecular flexibility index (Phi) is 7.80. The second-order valence-electron chi connectivity index (χ2n) is 3.60. The van der Waals surface area contributed by atoms with E-state index in [4.69, 9.17) is 10.8 Å². The lowest BCUT2D eigenvalue weighted by Gasteiger charge is -2.19. The number of nitrogens with two attached hydrogens (primary N) is 1. The molecule has 0 heterocycles. The number of rotatable bonds is 7. The van der Waals surface area contributed by atoms with E-state index in [1.807, 2.05) is 0 Å². The lowest BCUT2D eigenvalue weighted by Crippen LogP contribution is -2.55. The molecule has 104 valence electrons. The number of thiol groups is 2. The second-order valence-corrected chi connectivity index (χ2v) is 4.33. The van der Waals surface area contributed by atoms with E-state index in [1.165, 1.54) is 6.92 Å². The zero-order valence-electron chi connectivity index (χ0n) is 9.79. The van der Waals surface area contributed by atoms with Gasteiger partial charge in [-0.3, -0.25) is 14.4 Å². The Balaban J connectivity index is 4.45. The molecule has 0 saturated carbocycles. The van der Waals surface area contributed by atoms with Crippen LogP contribution in [-0.2, 0) is 14.4 Å². The number of nitrogens with one attached hydrogen (secondary N) is 2. The molecule has 0 fully saturated rings. The Bertz CT molecular complexity index is 327. The molecule has 0 aliphatic heterocycles. The van der Waals surface area contributed by atoms with Crippen LogP contribution in [0.1, 0.15) is 6.92 Å². The highest BCUT2D eigenvalue weighted by molar-refractivity contribution is 7.80. The van der Waals surface area contributed by atoms with E-state index in [0.717, 1.165) is 0 Å². The van der Waals surface area contributed by atoms with Crippen LogP contribution in [0.5, 0.6) is 0 Å². The molecule has 0 aromatic carbocycles. The maximum absolute atomic E-state index is 11.6. The molecule has 0 unspecified atom stereocenters. The SMILES string of the molecule is C[C@H](NC(=O)[C@H](CS)NC(=O)[C@@H](N)CS)C(=O)O. The molecule has 0 rings (SSSR count). The summed E-state index contributed by atoms with van der Waals surface area (Å²) in [7, 11) is 0. The molecule has 0 aliphatic carbocycles. The van der Waals surface area contributed by atoms with Gasteiger partial charge in [0.25, 0.3) is 0 Å². The molecule has 7 nitrogen and oxygen atoms in total. The van der Waals surface area contributed by atoms with Crippen molar-refractivity contribution >= 4 is 43.0 Å². The van der Waals surface area contributed by atoms with Crippen molar-refractivity contribution in [2.45, 2.75) is 25.0 Å². The molecule has 0 aromatic heterocycles. The van der Waals surface area contributed by atoms with Crippen LogP contribution >= 0.6 is 25.3 Å². The topological polar surface area (TPSA) is 122 Å². The first-order chi connectivity index (χ1) is 8.33. The first-order valence-corrected chi connectivity index (χ1v) is 6.40. The number of hydrogen-bond donors (Lipinski definition) is 6. The Hall–Kier alpha value is -0.930. The van der Waals surface area contributed by atoms with Crippen molar-refractivity contribution in [3.8, 4) is 0 Å². The summed E-state index contributed by atoms with van der Waals surface area (Å²) in [5.74, 6) is -2.16. The predicted molar refractivity (Wildman–Crippen MR) is 72.9 cm³/mol. The third-order valence-corrected chi connectivity index (χ3v) is 2.84. The number of amides is 2. The molecule has 5 N–H and O–H groups in total. The van der Waals surface area contributed by atoms with E-state index in [0.29, 0.717) is 0 Å². The van der Waals surface area contributed by atoms with Gasteiger partial charge in [-0.15, -0.1) is 0 Å². The Morgan fingerprint density at radius 3 is 2.11 bits per heavy atom. The minimum Gasteiger partial charge on any atom is -0.480 e. The Labute approximate surface area is 116 Å². The van der Waals surface area contributed by atoms with Gasteiger partial charge in [0, 0.05) is 11.5 Å². The van der Waals surface area contributed by atoms with E-state index >= 15 is 0 Å². The van der Waals surface area contributed by atoms with Gasteiger partial charge in [0.05, 0.1) is 6.04 Å². The maximum atomic E-state index is 11.6. The van der Waals surface area contributed by atoms with Crippen LogP contribution in [0.15, 0.2) is 0 Å². The molecule has 18 heavy (non-hydrogen) atoms. The molecule has 0 radical (unpaired) electrons. The number of hydrogen-bond acceptors (Lipinski definition) is 6. The van der Waals surface area contributed by atoms with Crippen LogP contribution in [0.2, 0.25) is 0 Å². The summed E-state index contributed by atoms with van der Waals surface area (Å²) in [6, 6.07) is -2.82. The number of carboxylic acids is 1. The summed E-state index contributed by atoms with van der Waals surface area (Å²) < 4.78 is 0. The predicted octanol–water partition coefficient (Wildman–Crippen LogP) is -1.75. The van der Waals surface area contributed by atoms with Gasteiger partial charge in [-0.25, -0.2) is 0 Å². The Morgan fingerprint density at radius 1 is 1.17 bits per heavy atom. The molecular formula is C9H17N3O4S2. The van der Waals surface area contributed by atoms with Gasteiger partial charge < -0.3 is 21.5 Å². The minimum atomic E-state index is -1.17. The average molecular weight is 295 g/mol. The number of carbonyl (C=O) groups excluding carboxylic acids is 2. The molecule has 9 heteroatoms. The molecule has 0 bridgehead atoms. The van der Waals surface area contributed by atoms with E-state index in [2.05, 4.69) is 35.9 Å². The summed E-state index contributed by atoms with van der Waals surface area (Å²) in [6.45, 7) is 1.32. The van der Waals surface area contributed by atoms with Crippen LogP contribution < -0.4 is 16.4 Å². The molecule has 2 amide bonds. The molecular weight excluding hydrogens is 278 g/mol. The first kappa shape index (κ1) is 17.1. The highest BCUT2D eigenvalue weighted by Gasteiger charge is 2.24. The Morgan fingerprint density at radius 2 is 1.72 bits per heavy atom. The fourth-order valence-corrected chi connectivity index (χ4v) is 1.35. The van der Waals surface area contributed by atoms with E-state index in [1.54, 1.807) is 0 Å². The van der Waals surface area contributed by atoms with Crippen molar-refractivity contribution in [3.05, 3.63) is 0 Å². The van der Waals surface area contributed by atoms with Crippen molar-refractivity contribution in [2.75, 3.05) is 11.5 Å². The van der Waals surface area contributed by atoms with Gasteiger partial charge >= 0.3 is 5.97 Å². The average Bonchev–Trinajstić information content (AvgIpc) is 2.33. The zero-order valence-corrected chi connectivity index (χ0v) is 11.6. The molecule has 0 saturated heterocycles. The highest BCUT2D eigenvalue weighted by Crippen LogP contribution is 1.93. The summed E-state index contributed by atoms with van der Waals surface area (Å²) >= 11 is 7.78. The van der Waals surface area contributed by atoms with Crippen molar-refractivity contribution in [2.24, 2.45) is 5.73 Å². The van der Waals surface area contributed by atoms with Crippen LogP contribution in [0, 0.1) is 0 Å². The zero-order chi connectivity index (χ0) is 14.3. The lowest BCUT2D eigenvalue weighted by molar-refractivity contribution is -0.141. The van der Waals surface area contributed by atoms with Crippen LogP contribution in [0.3, 0.4) is 0 Å². The third kappa shape index (κ3) is 5.61. The standard InChI is InChI=1S/C9H17N3O4S2/c1-4(9(15)16)11-8(14)6(3-18)12-7(13)5(10)2-17/h4-6,17-18H,2-3,10H2,1H3,(H,11,14)(H,12,13)(H,15,16)/t4-,5-,6-/m0/s1. The van der Waals surface area contributed by atoms with Gasteiger partial charge in [0.2, 0.25) is 11.8 Å². The van der Waals surface area contributed by atoms with E-state index in [9.17, 15) is 14.4 Å². The maximum Gasteiger partial charge on any atom is 0.325 e. The van der Waals surface area contributed by atoms with Crippen LogP contribution in [-0.4, -0.2) is 52.5 Å². The lowest BCUT2D eigenvalue weighted by atomic mass is 10.2. The molecule has 3 atom stereocenters. The number of carbonyl (C=O) groups is 3. The minimum absolute atomic E-state index is 0.0310. The van der Waals surface area contributed by atoms with Crippen molar-refractivity contribution < 1.29 is 19.5 Å². The summed E-state index contributed by atoms with van der Waals surface area (Å²) in [6.07, 6.45) is 0. The largest absolute Gasteiger partial charge is 0.480 e. The van der Waals surface area contributed by atoms with Gasteiger partial charge in [0.1, 0.15) is 12.1 Å². The van der Waals surface area contributed by atoms with Gasteiger partial charge in [-0.05, 0) is 6.92 Å². The van der Waals surface area contributed by atoms with Crippen LogP contribution in [0.25, 0.3) is 0 Å². The van der Waals surface area contributed by atoms with Gasteiger partial charge in [-0.1, -0.05) is 0 Å². The number of carboxylic acid groups (broad SMARTS) is 1. The smallest absolute Gasteiger partial charge is 0.325 e. The summed E-state index contributed by atoms with van der Waals surface area (Å²) in [5, 5.41) is 13.2. The van der Waals surface area contributed by atoms with Crippen molar-refractivity contribution in [1.82, 2.24) is 10.6 Å². The fraction of sp³-hybridized carbons (Fsp3) is 0.667. The summed E-state index contributed by atoms with van der Waals surface area (Å²) in [5.41, 5.74) is 5.43. The monoisotopic (exact) mass is 295 g/mol. The molecule has 0 spiro atoms. The normalized spacial score (nSPS) is 15.3.